The molecule has 0 spiro atoms. The van der Waals surface area contributed by atoms with Gasteiger partial charge in [-0.25, -0.2) is 9.69 Å². The Bertz CT molecular complexity index is 1540. The summed E-state index contributed by atoms with van der Waals surface area (Å²) in [5.41, 5.74) is 0.431. The Morgan fingerprint density at radius 2 is 1.53 bits per heavy atom. The summed E-state index contributed by atoms with van der Waals surface area (Å²) in [6.07, 6.45) is 1.05. The molecule has 0 bridgehead atoms. The van der Waals surface area contributed by atoms with E-state index >= 15 is 0 Å². The number of carbonyl (C=O) groups is 3. The normalized spacial score (nSPS) is 15.3. The molecule has 0 saturated carbocycles. The van der Waals surface area contributed by atoms with E-state index in [9.17, 15) is 22.8 Å². The van der Waals surface area contributed by atoms with Crippen molar-refractivity contribution in [2.45, 2.75) is 11.8 Å². The highest BCUT2D eigenvalue weighted by atomic mass is 35.5. The number of urea groups is 1. The fourth-order valence-corrected chi connectivity index (χ4v) is 4.97. The second kappa shape index (κ2) is 9.94. The molecule has 0 aromatic heterocycles. The first kappa shape index (κ1) is 25.7. The molecule has 4 amide bonds. The molecular weight excluding hydrogens is 551 g/mol. The van der Waals surface area contributed by atoms with Crippen LogP contribution in [0, 0.1) is 6.92 Å². The number of halogens is 3. The molecular formula is C24H15Cl3N2O6S. The van der Waals surface area contributed by atoms with Crippen LogP contribution < -0.4 is 14.4 Å². The molecule has 0 radical (unpaired) electrons. The standard InChI is InChI=1S/C24H15Cl3N2O6S/c1-13-2-8-18(9-3-13)36(33,34)35-21-14(10-16(26)12-20(21)27)11-19-22(30)28-24(32)29(23(19)31)17-6-4-15(25)5-7-17/h2-12H,1H3,(H,28,30,32)/b19-11+. The maximum absolute atomic E-state index is 13.2. The molecule has 12 heteroatoms. The number of rotatable bonds is 5. The van der Waals surface area contributed by atoms with Crippen LogP contribution in [0.3, 0.4) is 0 Å². The maximum atomic E-state index is 13.2. The number of aryl methyl sites for hydroxylation is 1. The summed E-state index contributed by atoms with van der Waals surface area (Å²) < 4.78 is 31.1. The molecule has 1 fully saturated rings. The van der Waals surface area contributed by atoms with Crippen molar-refractivity contribution in [2.75, 3.05) is 4.90 Å². The largest absolute Gasteiger partial charge is 0.377 e. The van der Waals surface area contributed by atoms with E-state index in [-0.39, 0.29) is 31.9 Å². The van der Waals surface area contributed by atoms with Gasteiger partial charge in [0, 0.05) is 15.6 Å². The molecule has 8 nitrogen and oxygen atoms in total. The number of hydrogen-bond donors (Lipinski definition) is 1. The number of amides is 4. The van der Waals surface area contributed by atoms with Crippen LogP contribution in [0.15, 0.2) is 71.1 Å². The first-order chi connectivity index (χ1) is 17.0. The lowest BCUT2D eigenvalue weighted by Gasteiger charge is -2.26. The van der Waals surface area contributed by atoms with Crippen LogP contribution in [-0.2, 0) is 19.7 Å². The minimum Gasteiger partial charge on any atom is -0.377 e. The minimum absolute atomic E-state index is 0.0768. The predicted octanol–water partition coefficient (Wildman–Crippen LogP) is 5.39. The van der Waals surface area contributed by atoms with Gasteiger partial charge in [-0.05, 0) is 61.5 Å². The van der Waals surface area contributed by atoms with Crippen molar-refractivity contribution < 1.29 is 27.0 Å². The van der Waals surface area contributed by atoms with Gasteiger partial charge in [0.2, 0.25) is 0 Å². The van der Waals surface area contributed by atoms with Gasteiger partial charge < -0.3 is 4.18 Å². The highest BCUT2D eigenvalue weighted by Crippen LogP contribution is 2.36. The van der Waals surface area contributed by atoms with Crippen molar-refractivity contribution in [3.63, 3.8) is 0 Å². The summed E-state index contributed by atoms with van der Waals surface area (Å²) in [5, 5.41) is 2.35. The van der Waals surface area contributed by atoms with Gasteiger partial charge in [-0.15, -0.1) is 0 Å². The van der Waals surface area contributed by atoms with E-state index in [4.69, 9.17) is 39.0 Å². The fraction of sp³-hybridized carbons (Fsp3) is 0.0417. The Balaban J connectivity index is 1.78. The second-order valence-electron chi connectivity index (χ2n) is 7.59. The number of carbonyl (C=O) groups excluding carboxylic acids is 3. The second-order valence-corrected chi connectivity index (χ2v) is 10.4. The Morgan fingerprint density at radius 1 is 0.889 bits per heavy atom. The van der Waals surface area contributed by atoms with Crippen molar-refractivity contribution in [1.82, 2.24) is 5.32 Å². The lowest BCUT2D eigenvalue weighted by atomic mass is 10.1. The molecule has 184 valence electrons. The van der Waals surface area contributed by atoms with Gasteiger partial charge >= 0.3 is 16.1 Å². The van der Waals surface area contributed by atoms with Gasteiger partial charge in [-0.3, -0.25) is 14.9 Å². The molecule has 1 heterocycles. The fourth-order valence-electron chi connectivity index (χ4n) is 3.28. The zero-order valence-electron chi connectivity index (χ0n) is 18.3. The van der Waals surface area contributed by atoms with E-state index in [0.717, 1.165) is 16.5 Å². The van der Waals surface area contributed by atoms with Gasteiger partial charge in [0.05, 0.1) is 10.7 Å². The molecule has 0 atom stereocenters. The van der Waals surface area contributed by atoms with Crippen molar-refractivity contribution >= 4 is 74.5 Å². The lowest BCUT2D eigenvalue weighted by molar-refractivity contribution is -0.122. The monoisotopic (exact) mass is 564 g/mol. The van der Waals surface area contributed by atoms with Crippen molar-refractivity contribution in [1.29, 1.82) is 0 Å². The van der Waals surface area contributed by atoms with Crippen LogP contribution in [0.1, 0.15) is 11.1 Å². The highest BCUT2D eigenvalue weighted by molar-refractivity contribution is 7.87. The predicted molar refractivity (Wildman–Crippen MR) is 136 cm³/mol. The summed E-state index contributed by atoms with van der Waals surface area (Å²) in [4.78, 5) is 38.8. The minimum atomic E-state index is -4.34. The summed E-state index contributed by atoms with van der Waals surface area (Å²) in [6, 6.07) is 13.2. The van der Waals surface area contributed by atoms with Gasteiger partial charge in [0.25, 0.3) is 11.8 Å². The number of benzene rings is 3. The van der Waals surface area contributed by atoms with Crippen LogP contribution >= 0.6 is 34.8 Å². The number of anilines is 1. The molecule has 0 aliphatic carbocycles. The number of nitrogens with zero attached hydrogens (tertiary/aromatic N) is 1. The Kier molecular flexibility index (Phi) is 7.10. The van der Waals surface area contributed by atoms with Crippen molar-refractivity contribution in [2.24, 2.45) is 0 Å². The van der Waals surface area contributed by atoms with Crippen LogP contribution in [-0.4, -0.2) is 26.3 Å². The third kappa shape index (κ3) is 5.24. The first-order valence-electron chi connectivity index (χ1n) is 10.1. The van der Waals surface area contributed by atoms with Gasteiger partial charge in [-0.1, -0.05) is 52.5 Å². The van der Waals surface area contributed by atoms with E-state index in [2.05, 4.69) is 5.32 Å². The summed E-state index contributed by atoms with van der Waals surface area (Å²) in [6.45, 7) is 1.79. The Morgan fingerprint density at radius 3 is 2.17 bits per heavy atom. The van der Waals surface area contributed by atoms with Crippen molar-refractivity contribution in [3.8, 4) is 5.75 Å². The molecule has 36 heavy (non-hydrogen) atoms. The smallest absolute Gasteiger partial charge is 0.339 e. The first-order valence-corrected chi connectivity index (χ1v) is 12.7. The summed E-state index contributed by atoms with van der Waals surface area (Å²) in [5.74, 6) is -2.32. The molecule has 4 rings (SSSR count). The van der Waals surface area contributed by atoms with Gasteiger partial charge in [-0.2, -0.15) is 8.42 Å². The van der Waals surface area contributed by atoms with E-state index < -0.39 is 33.5 Å². The van der Waals surface area contributed by atoms with E-state index in [1.165, 1.54) is 48.5 Å². The molecule has 0 unspecified atom stereocenters. The quantitative estimate of drug-likeness (QED) is 0.252. The number of barbiturate groups is 1. The topological polar surface area (TPSA) is 110 Å². The lowest BCUT2D eigenvalue weighted by Crippen LogP contribution is -2.54. The average Bonchev–Trinajstić information content (AvgIpc) is 2.80. The SMILES string of the molecule is Cc1ccc(S(=O)(=O)Oc2c(Cl)cc(Cl)cc2/C=C2\C(=O)NC(=O)N(c3ccc(Cl)cc3)C2=O)cc1. The number of imide groups is 2. The third-order valence-electron chi connectivity index (χ3n) is 5.03. The molecule has 1 aliphatic heterocycles. The van der Waals surface area contributed by atoms with E-state index in [1.54, 1.807) is 19.1 Å². The zero-order chi connectivity index (χ0) is 26.2. The average molecular weight is 566 g/mol. The van der Waals surface area contributed by atoms with Crippen LogP contribution in [0.4, 0.5) is 10.5 Å². The number of hydrogen-bond acceptors (Lipinski definition) is 6. The summed E-state index contributed by atoms with van der Waals surface area (Å²) in [7, 11) is -4.34. The molecule has 1 N–H and O–H groups in total. The van der Waals surface area contributed by atoms with Gasteiger partial charge in [0.1, 0.15) is 10.5 Å². The van der Waals surface area contributed by atoms with E-state index in [0.29, 0.717) is 5.02 Å². The summed E-state index contributed by atoms with van der Waals surface area (Å²) >= 11 is 18.2. The third-order valence-corrected chi connectivity index (χ3v) is 7.01. The van der Waals surface area contributed by atoms with Crippen molar-refractivity contribution in [3.05, 3.63) is 92.4 Å². The van der Waals surface area contributed by atoms with Crippen LogP contribution in [0.5, 0.6) is 5.75 Å². The highest BCUT2D eigenvalue weighted by Gasteiger charge is 2.37. The zero-order valence-corrected chi connectivity index (χ0v) is 21.4. The van der Waals surface area contributed by atoms with Crippen LogP contribution in [0.2, 0.25) is 15.1 Å². The molecule has 1 aliphatic rings. The van der Waals surface area contributed by atoms with Gasteiger partial charge in [0.15, 0.2) is 5.75 Å². The Labute approximate surface area is 221 Å². The van der Waals surface area contributed by atoms with Crippen LogP contribution in [0.25, 0.3) is 6.08 Å². The maximum Gasteiger partial charge on any atom is 0.339 e. The molecule has 3 aromatic carbocycles. The van der Waals surface area contributed by atoms with E-state index in [1.807, 2.05) is 0 Å². The molecule has 3 aromatic rings. The molecule has 1 saturated heterocycles. The Hall–Kier alpha value is -3.37. The number of nitrogens with one attached hydrogen (secondary N) is 1.